The molecule has 0 saturated heterocycles. The molecule has 5 nitrogen and oxygen atoms in total. The van der Waals surface area contributed by atoms with Gasteiger partial charge in [0.1, 0.15) is 17.1 Å². The molecule has 0 unspecified atom stereocenters. The van der Waals surface area contributed by atoms with Crippen LogP contribution in [0.5, 0.6) is 5.75 Å². The fraction of sp³-hybridized carbons (Fsp3) is 0.250. The summed E-state index contributed by atoms with van der Waals surface area (Å²) in [5.74, 6) is 1.72. The molecule has 21 heavy (non-hydrogen) atoms. The average Bonchev–Trinajstić information content (AvgIpc) is 2.84. The molecule has 0 aliphatic carbocycles. The minimum Gasteiger partial charge on any atom is -0.497 e. The molecule has 0 spiro atoms. The maximum atomic E-state index is 9.39. The van der Waals surface area contributed by atoms with E-state index in [1.807, 2.05) is 31.2 Å². The minimum absolute atomic E-state index is 0.0298. The fourth-order valence-electron chi connectivity index (χ4n) is 2.41. The number of aryl methyl sites for hydroxylation is 1. The van der Waals surface area contributed by atoms with Crippen LogP contribution in [-0.4, -0.2) is 26.8 Å². The number of rotatable bonds is 4. The number of imidazole rings is 1. The number of ether oxygens (including phenoxy) is 1. The van der Waals surface area contributed by atoms with Crippen molar-refractivity contribution < 1.29 is 9.84 Å². The second-order valence-corrected chi connectivity index (χ2v) is 4.89. The first-order valence-corrected chi connectivity index (χ1v) is 6.77. The van der Waals surface area contributed by atoms with Gasteiger partial charge in [0.25, 0.3) is 0 Å². The zero-order valence-electron chi connectivity index (χ0n) is 12.1. The summed E-state index contributed by atoms with van der Waals surface area (Å²) in [6, 6.07) is 9.74. The Morgan fingerprint density at radius 2 is 1.95 bits per heavy atom. The van der Waals surface area contributed by atoms with Crippen molar-refractivity contribution in [3.05, 3.63) is 53.5 Å². The second-order valence-electron chi connectivity index (χ2n) is 4.89. The molecule has 1 aromatic carbocycles. The Labute approximate surface area is 122 Å². The third-order valence-corrected chi connectivity index (χ3v) is 3.58. The molecule has 2 aromatic heterocycles. The third kappa shape index (κ3) is 2.48. The maximum Gasteiger partial charge on any atom is 0.160 e. The molecule has 0 aliphatic heterocycles. The molecule has 0 aliphatic rings. The number of hydrogen-bond donors (Lipinski definition) is 1. The minimum atomic E-state index is -0.0298. The Bertz CT molecular complexity index is 763. The number of hydrogen-bond acceptors (Lipinski definition) is 4. The first-order valence-electron chi connectivity index (χ1n) is 6.77. The summed E-state index contributed by atoms with van der Waals surface area (Å²) in [4.78, 5) is 8.93. The van der Waals surface area contributed by atoms with Gasteiger partial charge in [-0.1, -0.05) is 12.1 Å². The van der Waals surface area contributed by atoms with Crippen molar-refractivity contribution in [2.45, 2.75) is 20.1 Å². The summed E-state index contributed by atoms with van der Waals surface area (Å²) in [6.45, 7) is 2.61. The normalized spacial score (nSPS) is 11.0. The maximum absolute atomic E-state index is 9.39. The Kier molecular flexibility index (Phi) is 3.58. The van der Waals surface area contributed by atoms with Crippen LogP contribution in [0.2, 0.25) is 0 Å². The van der Waals surface area contributed by atoms with Crippen molar-refractivity contribution >= 4 is 11.2 Å². The lowest BCUT2D eigenvalue weighted by Gasteiger charge is -2.07. The largest absolute Gasteiger partial charge is 0.497 e. The molecule has 0 fully saturated rings. The molecule has 0 bridgehead atoms. The van der Waals surface area contributed by atoms with E-state index < -0.39 is 0 Å². The summed E-state index contributed by atoms with van der Waals surface area (Å²) in [7, 11) is 1.66. The van der Waals surface area contributed by atoms with Gasteiger partial charge in [-0.3, -0.25) is 0 Å². The number of fused-ring (bicyclic) bond motifs is 1. The summed E-state index contributed by atoms with van der Waals surface area (Å²) in [6.07, 6.45) is 1.71. The number of aliphatic hydroxyl groups is 1. The first-order chi connectivity index (χ1) is 10.2. The third-order valence-electron chi connectivity index (χ3n) is 3.58. The van der Waals surface area contributed by atoms with E-state index in [4.69, 9.17) is 4.74 Å². The van der Waals surface area contributed by atoms with Crippen molar-refractivity contribution in [2.75, 3.05) is 7.11 Å². The molecular weight excluding hydrogens is 266 g/mol. The van der Waals surface area contributed by atoms with Gasteiger partial charge in [-0.05, 0) is 30.7 Å². The average molecular weight is 283 g/mol. The first kappa shape index (κ1) is 13.6. The van der Waals surface area contributed by atoms with Gasteiger partial charge in [0.15, 0.2) is 5.65 Å². The highest BCUT2D eigenvalue weighted by Gasteiger charge is 2.12. The van der Waals surface area contributed by atoms with Crippen LogP contribution in [0.3, 0.4) is 0 Å². The SMILES string of the molecule is COc1ccc(Cn2c(C)nc3c(CO)ccnc32)cc1. The standard InChI is InChI=1S/C16H17N3O2/c1-11-18-15-13(10-20)7-8-17-16(15)19(11)9-12-3-5-14(21-2)6-4-12/h3-8,20H,9-10H2,1-2H3. The number of benzene rings is 1. The zero-order chi connectivity index (χ0) is 14.8. The van der Waals surface area contributed by atoms with Crippen LogP contribution in [-0.2, 0) is 13.2 Å². The highest BCUT2D eigenvalue weighted by Crippen LogP contribution is 2.20. The van der Waals surface area contributed by atoms with E-state index in [1.54, 1.807) is 19.4 Å². The monoisotopic (exact) mass is 283 g/mol. The van der Waals surface area contributed by atoms with E-state index in [-0.39, 0.29) is 6.61 Å². The number of methoxy groups -OCH3 is 1. The quantitative estimate of drug-likeness (QED) is 0.798. The van der Waals surface area contributed by atoms with Crippen LogP contribution in [0.25, 0.3) is 11.2 Å². The Morgan fingerprint density at radius 3 is 2.62 bits per heavy atom. The van der Waals surface area contributed by atoms with Crippen LogP contribution in [0, 0.1) is 6.92 Å². The van der Waals surface area contributed by atoms with E-state index in [2.05, 4.69) is 14.5 Å². The predicted molar refractivity (Wildman–Crippen MR) is 80.3 cm³/mol. The second kappa shape index (κ2) is 5.54. The highest BCUT2D eigenvalue weighted by atomic mass is 16.5. The molecule has 5 heteroatoms. The molecule has 0 atom stereocenters. The van der Waals surface area contributed by atoms with Crippen LogP contribution in [0.15, 0.2) is 36.5 Å². The summed E-state index contributed by atoms with van der Waals surface area (Å²) in [5.41, 5.74) is 3.52. The van der Waals surface area contributed by atoms with Crippen LogP contribution in [0.1, 0.15) is 17.0 Å². The van der Waals surface area contributed by atoms with Crippen LogP contribution < -0.4 is 4.74 Å². The van der Waals surface area contributed by atoms with Crippen molar-refractivity contribution in [3.63, 3.8) is 0 Å². The van der Waals surface area contributed by atoms with Gasteiger partial charge >= 0.3 is 0 Å². The van der Waals surface area contributed by atoms with Gasteiger partial charge in [-0.15, -0.1) is 0 Å². The van der Waals surface area contributed by atoms with E-state index in [0.717, 1.165) is 33.9 Å². The number of aliphatic hydroxyl groups excluding tert-OH is 1. The molecule has 3 aromatic rings. The Hall–Kier alpha value is -2.40. The van der Waals surface area contributed by atoms with Gasteiger partial charge in [0.2, 0.25) is 0 Å². The molecule has 3 rings (SSSR count). The summed E-state index contributed by atoms with van der Waals surface area (Å²) < 4.78 is 7.22. The Balaban J connectivity index is 2.01. The highest BCUT2D eigenvalue weighted by molar-refractivity contribution is 5.75. The van der Waals surface area contributed by atoms with Gasteiger partial charge in [-0.2, -0.15) is 0 Å². The smallest absolute Gasteiger partial charge is 0.160 e. The van der Waals surface area contributed by atoms with Gasteiger partial charge in [0.05, 0.1) is 20.3 Å². The predicted octanol–water partition coefficient (Wildman–Crippen LogP) is 2.29. The van der Waals surface area contributed by atoms with Gasteiger partial charge in [-0.25, -0.2) is 9.97 Å². The molecule has 108 valence electrons. The number of nitrogens with zero attached hydrogens (tertiary/aromatic N) is 3. The fourth-order valence-corrected chi connectivity index (χ4v) is 2.41. The Morgan fingerprint density at radius 1 is 1.19 bits per heavy atom. The van der Waals surface area contributed by atoms with E-state index in [1.165, 1.54) is 0 Å². The molecule has 2 heterocycles. The van der Waals surface area contributed by atoms with Gasteiger partial charge < -0.3 is 14.4 Å². The summed E-state index contributed by atoms with van der Waals surface area (Å²) >= 11 is 0. The van der Waals surface area contributed by atoms with Crippen molar-refractivity contribution in [1.82, 2.24) is 14.5 Å². The van der Waals surface area contributed by atoms with E-state index in [9.17, 15) is 5.11 Å². The lowest BCUT2D eigenvalue weighted by molar-refractivity contribution is 0.283. The molecule has 0 saturated carbocycles. The van der Waals surface area contributed by atoms with Crippen molar-refractivity contribution in [1.29, 1.82) is 0 Å². The van der Waals surface area contributed by atoms with Crippen LogP contribution >= 0.6 is 0 Å². The van der Waals surface area contributed by atoms with Gasteiger partial charge in [0, 0.05) is 11.8 Å². The van der Waals surface area contributed by atoms with Crippen molar-refractivity contribution in [2.24, 2.45) is 0 Å². The lowest BCUT2D eigenvalue weighted by atomic mass is 10.2. The molecular formula is C16H17N3O2. The van der Waals surface area contributed by atoms with E-state index in [0.29, 0.717) is 6.54 Å². The molecule has 1 N–H and O–H groups in total. The number of pyridine rings is 1. The van der Waals surface area contributed by atoms with Crippen molar-refractivity contribution in [3.8, 4) is 5.75 Å². The molecule has 0 amide bonds. The van der Waals surface area contributed by atoms with E-state index >= 15 is 0 Å². The van der Waals surface area contributed by atoms with Crippen LogP contribution in [0.4, 0.5) is 0 Å². The number of aromatic nitrogens is 3. The molecule has 0 radical (unpaired) electrons. The lowest BCUT2D eigenvalue weighted by Crippen LogP contribution is -2.03. The summed E-state index contributed by atoms with van der Waals surface area (Å²) in [5, 5.41) is 9.39. The topological polar surface area (TPSA) is 60.2 Å². The zero-order valence-corrected chi connectivity index (χ0v) is 12.1.